The van der Waals surface area contributed by atoms with E-state index in [0.29, 0.717) is 19.4 Å². The summed E-state index contributed by atoms with van der Waals surface area (Å²) in [6, 6.07) is 0. The van der Waals surface area contributed by atoms with Crippen LogP contribution in [-0.4, -0.2) is 25.0 Å². The maximum Gasteiger partial charge on any atom is 0.302 e. The second-order valence-corrected chi connectivity index (χ2v) is 3.38. The average molecular weight is 228 g/mol. The molecular weight excluding hydrogens is 208 g/mol. The number of carbonyl (C=O) groups excluding carboxylic acids is 1. The molecule has 0 bridgehead atoms. The third kappa shape index (κ3) is 9.35. The minimum atomic E-state index is -0.302. The van der Waals surface area contributed by atoms with Gasteiger partial charge in [0.1, 0.15) is 6.11 Å². The smallest absolute Gasteiger partial charge is 0.302 e. The van der Waals surface area contributed by atoms with E-state index in [1.54, 1.807) is 6.92 Å². The summed E-state index contributed by atoms with van der Waals surface area (Å²) >= 11 is 0. The standard InChI is InChI=1S/C12H20O4/c1-5-14-12(4)15-9-7-6-8-10(2)16-11(3)13/h10,12H,5-6,8H2,1-4H3/t10-,12?/m1/s1. The van der Waals surface area contributed by atoms with E-state index in [2.05, 4.69) is 12.0 Å². The van der Waals surface area contributed by atoms with E-state index in [1.165, 1.54) is 6.92 Å². The van der Waals surface area contributed by atoms with Gasteiger partial charge in [0.05, 0.1) is 6.10 Å². The van der Waals surface area contributed by atoms with Gasteiger partial charge in [0.25, 0.3) is 0 Å². The molecule has 0 saturated heterocycles. The molecule has 4 heteroatoms. The van der Waals surface area contributed by atoms with Gasteiger partial charge in [0.2, 0.25) is 6.29 Å². The molecule has 1 unspecified atom stereocenters. The first-order valence-electron chi connectivity index (χ1n) is 5.48. The zero-order chi connectivity index (χ0) is 12.4. The summed E-state index contributed by atoms with van der Waals surface area (Å²) in [4.78, 5) is 10.6. The first-order chi connectivity index (χ1) is 7.56. The highest BCUT2D eigenvalue weighted by Crippen LogP contribution is 2.00. The lowest BCUT2D eigenvalue weighted by molar-refractivity contribution is -0.145. The maximum absolute atomic E-state index is 10.6. The Kier molecular flexibility index (Phi) is 8.36. The van der Waals surface area contributed by atoms with Crippen LogP contribution in [0.1, 0.15) is 40.5 Å². The fourth-order valence-corrected chi connectivity index (χ4v) is 1.06. The van der Waals surface area contributed by atoms with Crippen LogP contribution in [-0.2, 0) is 19.0 Å². The fraction of sp³-hybridized carbons (Fsp3) is 0.750. The highest BCUT2D eigenvalue weighted by Gasteiger charge is 2.03. The Labute approximate surface area is 97.3 Å². The van der Waals surface area contributed by atoms with Crippen LogP contribution in [0, 0.1) is 12.0 Å². The summed E-state index contributed by atoms with van der Waals surface area (Å²) < 4.78 is 15.1. The van der Waals surface area contributed by atoms with Gasteiger partial charge in [0, 0.05) is 20.0 Å². The Balaban J connectivity index is 3.57. The van der Waals surface area contributed by atoms with E-state index in [9.17, 15) is 4.79 Å². The zero-order valence-corrected chi connectivity index (χ0v) is 10.4. The number of hydrogen-bond acceptors (Lipinski definition) is 4. The summed E-state index contributed by atoms with van der Waals surface area (Å²) in [7, 11) is 0. The Morgan fingerprint density at radius 2 is 2.06 bits per heavy atom. The van der Waals surface area contributed by atoms with Crippen LogP contribution < -0.4 is 0 Å². The number of carbonyl (C=O) groups is 1. The lowest BCUT2D eigenvalue weighted by Gasteiger charge is -2.09. The second-order valence-electron chi connectivity index (χ2n) is 3.38. The quantitative estimate of drug-likeness (QED) is 0.396. The van der Waals surface area contributed by atoms with Crippen LogP contribution >= 0.6 is 0 Å². The molecule has 92 valence electrons. The normalized spacial score (nSPS) is 13.2. The summed E-state index contributed by atoms with van der Waals surface area (Å²) in [5.74, 6) is 2.57. The molecule has 0 saturated carbocycles. The average Bonchev–Trinajstić information content (AvgIpc) is 2.16. The van der Waals surface area contributed by atoms with E-state index in [4.69, 9.17) is 14.2 Å². The molecule has 0 aromatic heterocycles. The minimum Gasteiger partial charge on any atom is -0.463 e. The first kappa shape index (κ1) is 14.8. The molecule has 0 aromatic rings. The highest BCUT2D eigenvalue weighted by atomic mass is 16.7. The summed E-state index contributed by atoms with van der Waals surface area (Å²) in [6.07, 6.45) is 3.50. The van der Waals surface area contributed by atoms with E-state index >= 15 is 0 Å². The van der Waals surface area contributed by atoms with Crippen molar-refractivity contribution in [3.8, 4) is 12.0 Å². The van der Waals surface area contributed by atoms with Gasteiger partial charge in [-0.05, 0) is 27.2 Å². The van der Waals surface area contributed by atoms with Gasteiger partial charge in [-0.3, -0.25) is 4.79 Å². The largest absolute Gasteiger partial charge is 0.463 e. The third-order valence-electron chi connectivity index (χ3n) is 1.74. The molecule has 0 rings (SSSR count). The van der Waals surface area contributed by atoms with Crippen LogP contribution in [0.2, 0.25) is 0 Å². The van der Waals surface area contributed by atoms with Crippen molar-refractivity contribution in [3.63, 3.8) is 0 Å². The molecule has 0 fully saturated rings. The van der Waals surface area contributed by atoms with Crippen molar-refractivity contribution in [1.82, 2.24) is 0 Å². The molecule has 0 amide bonds. The van der Waals surface area contributed by atoms with Crippen molar-refractivity contribution in [3.05, 3.63) is 0 Å². The van der Waals surface area contributed by atoms with Gasteiger partial charge < -0.3 is 14.2 Å². The molecule has 0 aliphatic carbocycles. The number of ether oxygens (including phenoxy) is 3. The third-order valence-corrected chi connectivity index (χ3v) is 1.74. The molecule has 0 aliphatic heterocycles. The summed E-state index contributed by atoms with van der Waals surface area (Å²) in [5, 5.41) is 0. The van der Waals surface area contributed by atoms with Crippen molar-refractivity contribution >= 4 is 5.97 Å². The maximum atomic E-state index is 10.6. The van der Waals surface area contributed by atoms with Gasteiger partial charge >= 0.3 is 5.97 Å². The highest BCUT2D eigenvalue weighted by molar-refractivity contribution is 5.66. The molecular formula is C12H20O4. The molecule has 0 spiro atoms. The first-order valence-corrected chi connectivity index (χ1v) is 5.48. The Morgan fingerprint density at radius 3 is 2.62 bits per heavy atom. The molecule has 0 radical (unpaired) electrons. The predicted octanol–water partition coefficient (Wildman–Crippen LogP) is 2.08. The predicted molar refractivity (Wildman–Crippen MR) is 60.4 cm³/mol. The van der Waals surface area contributed by atoms with Gasteiger partial charge in [0.15, 0.2) is 0 Å². The second kappa shape index (κ2) is 9.05. The number of hydrogen-bond donors (Lipinski definition) is 0. The number of esters is 1. The van der Waals surface area contributed by atoms with E-state index in [-0.39, 0.29) is 18.4 Å². The lowest BCUT2D eigenvalue weighted by atomic mass is 10.2. The van der Waals surface area contributed by atoms with E-state index in [0.717, 1.165) is 0 Å². The summed E-state index contributed by atoms with van der Waals surface area (Å²) in [5.41, 5.74) is 0. The van der Waals surface area contributed by atoms with Crippen molar-refractivity contribution in [2.45, 2.75) is 52.9 Å². The SMILES string of the molecule is CCOC(C)OC#CCC[C@@H](C)OC(C)=O. The summed E-state index contributed by atoms with van der Waals surface area (Å²) in [6.45, 7) is 7.53. The zero-order valence-electron chi connectivity index (χ0n) is 10.4. The van der Waals surface area contributed by atoms with Gasteiger partial charge in [-0.15, -0.1) is 0 Å². The van der Waals surface area contributed by atoms with Gasteiger partial charge in [-0.1, -0.05) is 5.92 Å². The van der Waals surface area contributed by atoms with Crippen molar-refractivity contribution < 1.29 is 19.0 Å². The van der Waals surface area contributed by atoms with Crippen LogP contribution in [0.5, 0.6) is 0 Å². The fourth-order valence-electron chi connectivity index (χ4n) is 1.06. The Bertz CT molecular complexity index is 251. The van der Waals surface area contributed by atoms with Gasteiger partial charge in [-0.2, -0.15) is 0 Å². The van der Waals surface area contributed by atoms with Crippen LogP contribution in [0.3, 0.4) is 0 Å². The van der Waals surface area contributed by atoms with E-state index < -0.39 is 0 Å². The molecule has 0 N–H and O–H groups in total. The molecule has 16 heavy (non-hydrogen) atoms. The van der Waals surface area contributed by atoms with Gasteiger partial charge in [-0.25, -0.2) is 0 Å². The Morgan fingerprint density at radius 1 is 1.38 bits per heavy atom. The molecule has 4 nitrogen and oxygen atoms in total. The molecule has 0 heterocycles. The van der Waals surface area contributed by atoms with E-state index in [1.807, 2.05) is 13.8 Å². The molecule has 0 aliphatic rings. The van der Waals surface area contributed by atoms with Crippen molar-refractivity contribution in [1.29, 1.82) is 0 Å². The lowest BCUT2D eigenvalue weighted by Crippen LogP contribution is -2.11. The molecule has 0 aromatic carbocycles. The van der Waals surface area contributed by atoms with Crippen LogP contribution in [0.4, 0.5) is 0 Å². The van der Waals surface area contributed by atoms with Crippen molar-refractivity contribution in [2.75, 3.05) is 6.61 Å². The minimum absolute atomic E-state index is 0.101. The topological polar surface area (TPSA) is 44.8 Å². The Hall–Kier alpha value is -1.21. The van der Waals surface area contributed by atoms with Crippen LogP contribution in [0.25, 0.3) is 0 Å². The van der Waals surface area contributed by atoms with Crippen LogP contribution in [0.15, 0.2) is 0 Å². The number of rotatable bonds is 6. The monoisotopic (exact) mass is 228 g/mol. The van der Waals surface area contributed by atoms with Crippen molar-refractivity contribution in [2.24, 2.45) is 0 Å². The molecule has 2 atom stereocenters.